The Morgan fingerprint density at radius 2 is 2.17 bits per heavy atom. The molecule has 24 heavy (non-hydrogen) atoms. The number of alkyl halides is 3. The molecule has 0 aliphatic carbocycles. The molecule has 0 fully saturated rings. The highest BCUT2D eigenvalue weighted by atomic mass is 35.5. The Hall–Kier alpha value is -1.25. The van der Waals surface area contributed by atoms with Crippen molar-refractivity contribution < 1.29 is 18.0 Å². The van der Waals surface area contributed by atoms with Crippen molar-refractivity contribution in [1.82, 2.24) is 4.98 Å². The van der Waals surface area contributed by atoms with Crippen molar-refractivity contribution in [2.45, 2.75) is 24.8 Å². The van der Waals surface area contributed by atoms with Crippen LogP contribution in [-0.2, 0) is 17.4 Å². The maximum absolute atomic E-state index is 12.9. The van der Waals surface area contributed by atoms with Crippen LogP contribution in [0.5, 0.6) is 0 Å². The van der Waals surface area contributed by atoms with E-state index in [0.717, 1.165) is 10.9 Å². The zero-order chi connectivity index (χ0) is 17.9. The maximum atomic E-state index is 12.9. The quantitative estimate of drug-likeness (QED) is 0.767. The number of anilines is 1. The highest BCUT2D eigenvalue weighted by molar-refractivity contribution is 7.99. The molecule has 1 N–H and O–H groups in total. The largest absolute Gasteiger partial charge is 0.417 e. The zero-order valence-corrected chi connectivity index (χ0v) is 15.2. The Balaban J connectivity index is 2.11. The summed E-state index contributed by atoms with van der Waals surface area (Å²) in [6.45, 7) is 1.78. The van der Waals surface area contributed by atoms with Gasteiger partial charge in [0.1, 0.15) is 0 Å². The molecule has 1 unspecified atom stereocenters. The molecular formula is C15H14ClF3N2OS2. The Morgan fingerprint density at radius 1 is 1.46 bits per heavy atom. The van der Waals surface area contributed by atoms with Crippen molar-refractivity contribution in [3.8, 4) is 0 Å². The Bertz CT molecular complexity index is 734. The van der Waals surface area contributed by atoms with E-state index in [-0.39, 0.29) is 22.6 Å². The number of carbonyl (C=O) groups excluding carboxylic acids is 1. The second-order valence-electron chi connectivity index (χ2n) is 4.99. The van der Waals surface area contributed by atoms with Crippen molar-refractivity contribution in [2.75, 3.05) is 11.6 Å². The van der Waals surface area contributed by atoms with E-state index in [4.69, 9.17) is 11.6 Å². The molecule has 1 aromatic carbocycles. The van der Waals surface area contributed by atoms with Gasteiger partial charge in [-0.1, -0.05) is 17.7 Å². The van der Waals surface area contributed by atoms with E-state index in [1.807, 2.05) is 6.26 Å². The molecule has 0 radical (unpaired) electrons. The van der Waals surface area contributed by atoms with Crippen LogP contribution in [0, 0.1) is 0 Å². The SMILES string of the molecule is CSC(C)C(=O)Nc1ncc(Cc2ccc(Cl)c(C(F)(F)F)c2)s1. The van der Waals surface area contributed by atoms with E-state index in [0.29, 0.717) is 10.7 Å². The number of thioether (sulfide) groups is 1. The minimum Gasteiger partial charge on any atom is -0.301 e. The van der Waals surface area contributed by atoms with Gasteiger partial charge in [0.2, 0.25) is 5.91 Å². The van der Waals surface area contributed by atoms with E-state index in [1.54, 1.807) is 19.2 Å². The van der Waals surface area contributed by atoms with E-state index in [9.17, 15) is 18.0 Å². The van der Waals surface area contributed by atoms with E-state index >= 15 is 0 Å². The normalized spacial score (nSPS) is 12.9. The van der Waals surface area contributed by atoms with Gasteiger partial charge in [0.15, 0.2) is 5.13 Å². The number of hydrogen-bond acceptors (Lipinski definition) is 4. The molecular weight excluding hydrogens is 381 g/mol. The Morgan fingerprint density at radius 3 is 2.79 bits per heavy atom. The molecule has 9 heteroatoms. The minimum absolute atomic E-state index is 0.158. The second kappa shape index (κ2) is 7.76. The predicted octanol–water partition coefficient (Wildman–Crippen LogP) is 5.10. The summed E-state index contributed by atoms with van der Waals surface area (Å²) >= 11 is 8.26. The highest BCUT2D eigenvalue weighted by Gasteiger charge is 2.33. The first-order valence-corrected chi connectivity index (χ1v) is 9.33. The first-order valence-electron chi connectivity index (χ1n) is 6.84. The number of rotatable bonds is 5. The number of aromatic nitrogens is 1. The molecule has 0 bridgehead atoms. The molecule has 1 atom stereocenters. The van der Waals surface area contributed by atoms with Gasteiger partial charge in [-0.2, -0.15) is 24.9 Å². The molecule has 130 valence electrons. The van der Waals surface area contributed by atoms with Crippen LogP contribution in [-0.4, -0.2) is 22.4 Å². The van der Waals surface area contributed by atoms with Crippen LogP contribution in [0.15, 0.2) is 24.4 Å². The fourth-order valence-corrected chi connectivity index (χ4v) is 3.21. The average molecular weight is 395 g/mol. The summed E-state index contributed by atoms with van der Waals surface area (Å²) in [4.78, 5) is 16.6. The van der Waals surface area contributed by atoms with E-state index < -0.39 is 11.7 Å². The summed E-state index contributed by atoms with van der Waals surface area (Å²) in [6.07, 6.45) is -0.831. The van der Waals surface area contributed by atoms with Crippen LogP contribution in [0.4, 0.5) is 18.3 Å². The number of benzene rings is 1. The average Bonchev–Trinajstić information content (AvgIpc) is 2.94. The molecule has 0 spiro atoms. The summed E-state index contributed by atoms with van der Waals surface area (Å²) in [5, 5.41) is 2.59. The fourth-order valence-electron chi connectivity index (χ4n) is 1.86. The van der Waals surface area contributed by atoms with Crippen LogP contribution in [0.1, 0.15) is 22.9 Å². The van der Waals surface area contributed by atoms with Gasteiger partial charge >= 0.3 is 6.18 Å². The highest BCUT2D eigenvalue weighted by Crippen LogP contribution is 2.35. The van der Waals surface area contributed by atoms with Crippen molar-refractivity contribution >= 4 is 45.7 Å². The zero-order valence-electron chi connectivity index (χ0n) is 12.8. The monoisotopic (exact) mass is 394 g/mol. The summed E-state index contributed by atoms with van der Waals surface area (Å²) < 4.78 is 38.6. The van der Waals surface area contributed by atoms with Gasteiger partial charge in [0, 0.05) is 17.5 Å². The predicted molar refractivity (Wildman–Crippen MR) is 93.0 cm³/mol. The summed E-state index contributed by atoms with van der Waals surface area (Å²) in [6, 6.07) is 3.82. The third-order valence-electron chi connectivity index (χ3n) is 3.22. The van der Waals surface area contributed by atoms with Crippen LogP contribution < -0.4 is 5.32 Å². The number of nitrogens with one attached hydrogen (secondary N) is 1. The first-order chi connectivity index (χ1) is 11.2. The van der Waals surface area contributed by atoms with Gasteiger partial charge in [-0.3, -0.25) is 4.79 Å². The molecule has 2 rings (SSSR count). The molecule has 0 saturated heterocycles. The van der Waals surface area contributed by atoms with E-state index in [1.165, 1.54) is 29.2 Å². The topological polar surface area (TPSA) is 42.0 Å². The molecule has 0 saturated carbocycles. The molecule has 1 amide bonds. The van der Waals surface area contributed by atoms with Gasteiger partial charge in [-0.15, -0.1) is 11.3 Å². The van der Waals surface area contributed by atoms with Crippen molar-refractivity contribution in [1.29, 1.82) is 0 Å². The molecule has 1 heterocycles. The third kappa shape index (κ3) is 4.87. The lowest BCUT2D eigenvalue weighted by Crippen LogP contribution is -2.21. The van der Waals surface area contributed by atoms with Gasteiger partial charge in [-0.25, -0.2) is 4.98 Å². The standard InChI is InChI=1S/C15H14ClF3N2OS2/c1-8(23-2)13(22)21-14-20-7-10(24-14)5-9-3-4-12(16)11(6-9)15(17,18)19/h3-4,6-8H,5H2,1-2H3,(H,20,21,22). The molecule has 0 aliphatic heterocycles. The smallest absolute Gasteiger partial charge is 0.301 e. The molecule has 2 aromatic rings. The van der Waals surface area contributed by atoms with Gasteiger partial charge in [-0.05, 0) is 30.9 Å². The van der Waals surface area contributed by atoms with Crippen LogP contribution in [0.25, 0.3) is 0 Å². The number of thiazole rings is 1. The van der Waals surface area contributed by atoms with Gasteiger partial charge in [0.25, 0.3) is 0 Å². The molecule has 3 nitrogen and oxygen atoms in total. The number of hydrogen-bond donors (Lipinski definition) is 1. The minimum atomic E-state index is -4.49. The lowest BCUT2D eigenvalue weighted by atomic mass is 10.1. The van der Waals surface area contributed by atoms with Crippen molar-refractivity contribution in [3.05, 3.63) is 45.4 Å². The lowest BCUT2D eigenvalue weighted by Gasteiger charge is -2.10. The van der Waals surface area contributed by atoms with Crippen molar-refractivity contribution in [3.63, 3.8) is 0 Å². The summed E-state index contributed by atoms with van der Waals surface area (Å²) in [7, 11) is 0. The number of nitrogens with zero attached hydrogens (tertiary/aromatic N) is 1. The second-order valence-corrected chi connectivity index (χ2v) is 7.69. The Labute approximate surface area is 150 Å². The maximum Gasteiger partial charge on any atom is 0.417 e. The lowest BCUT2D eigenvalue weighted by molar-refractivity contribution is -0.137. The molecule has 1 aromatic heterocycles. The van der Waals surface area contributed by atoms with Crippen LogP contribution >= 0.6 is 34.7 Å². The summed E-state index contributed by atoms with van der Waals surface area (Å²) in [5.41, 5.74) is -0.376. The summed E-state index contributed by atoms with van der Waals surface area (Å²) in [5.74, 6) is -0.158. The van der Waals surface area contributed by atoms with Crippen LogP contribution in [0.2, 0.25) is 5.02 Å². The number of halogens is 4. The third-order valence-corrected chi connectivity index (χ3v) is 5.38. The van der Waals surface area contributed by atoms with Crippen molar-refractivity contribution in [2.24, 2.45) is 0 Å². The number of carbonyl (C=O) groups is 1. The first kappa shape index (κ1) is 19.1. The Kier molecular flexibility index (Phi) is 6.17. The van der Waals surface area contributed by atoms with Crippen LogP contribution in [0.3, 0.4) is 0 Å². The molecule has 0 aliphatic rings. The van der Waals surface area contributed by atoms with E-state index in [2.05, 4.69) is 10.3 Å². The van der Waals surface area contributed by atoms with Gasteiger partial charge in [0.05, 0.1) is 15.8 Å². The number of amides is 1. The van der Waals surface area contributed by atoms with Gasteiger partial charge < -0.3 is 5.32 Å². The fraction of sp³-hybridized carbons (Fsp3) is 0.333.